The number of rotatable bonds is 6. The maximum Gasteiger partial charge on any atom is 0.393 e. The fourth-order valence-corrected chi connectivity index (χ4v) is 4.44. The molecule has 0 spiro atoms. The molecule has 6 nitrogen and oxygen atoms in total. The summed E-state index contributed by atoms with van der Waals surface area (Å²) < 4.78 is 71.8. The third-order valence-corrected chi connectivity index (χ3v) is 6.24. The van der Waals surface area contributed by atoms with Crippen molar-refractivity contribution in [3.8, 4) is 5.75 Å². The smallest absolute Gasteiger partial charge is 0.393 e. The van der Waals surface area contributed by atoms with Crippen molar-refractivity contribution in [2.75, 3.05) is 20.2 Å². The van der Waals surface area contributed by atoms with Crippen LogP contribution in [0.4, 0.5) is 13.2 Å². The highest BCUT2D eigenvalue weighted by molar-refractivity contribution is 7.89. The number of nitrogens with zero attached hydrogens (tertiary/aromatic N) is 1. The Morgan fingerprint density at radius 2 is 1.86 bits per heavy atom. The van der Waals surface area contributed by atoms with E-state index in [0.717, 1.165) is 4.90 Å². The zero-order valence-corrected chi connectivity index (χ0v) is 16.8. The predicted molar refractivity (Wildman–Crippen MR) is 97.3 cm³/mol. The van der Waals surface area contributed by atoms with Crippen LogP contribution < -0.4 is 9.46 Å². The Morgan fingerprint density at radius 1 is 1.25 bits per heavy atom. The molecular weight excluding hydrogens is 397 g/mol. The predicted octanol–water partition coefficient (Wildman–Crippen LogP) is 2.80. The van der Waals surface area contributed by atoms with E-state index >= 15 is 0 Å². The summed E-state index contributed by atoms with van der Waals surface area (Å²) in [4.78, 5) is 13.9. The van der Waals surface area contributed by atoms with Crippen LogP contribution in [0.15, 0.2) is 29.2 Å². The second-order valence-corrected chi connectivity index (χ2v) is 8.90. The molecule has 0 aliphatic carbocycles. The zero-order valence-electron chi connectivity index (χ0n) is 16.0. The maximum atomic E-state index is 13.0. The van der Waals surface area contributed by atoms with E-state index in [0.29, 0.717) is 5.75 Å². The van der Waals surface area contributed by atoms with E-state index in [9.17, 15) is 26.4 Å². The lowest BCUT2D eigenvalue weighted by Gasteiger charge is -2.36. The van der Waals surface area contributed by atoms with E-state index in [-0.39, 0.29) is 24.3 Å². The van der Waals surface area contributed by atoms with Gasteiger partial charge in [-0.15, -0.1) is 0 Å². The SMILES string of the molecule is COc1ccc(S(=O)(=O)N[C@@H](C(=O)N2CCC[C@H](C(F)(F)F)C2)C(C)C)cc1. The van der Waals surface area contributed by atoms with Crippen molar-refractivity contribution >= 4 is 15.9 Å². The van der Waals surface area contributed by atoms with E-state index in [1.54, 1.807) is 13.8 Å². The van der Waals surface area contributed by atoms with Gasteiger partial charge < -0.3 is 9.64 Å². The largest absolute Gasteiger partial charge is 0.497 e. The Kier molecular flexibility index (Phi) is 6.97. The number of nitrogens with one attached hydrogen (secondary N) is 1. The van der Waals surface area contributed by atoms with Crippen molar-refractivity contribution in [1.82, 2.24) is 9.62 Å². The van der Waals surface area contributed by atoms with Crippen molar-refractivity contribution in [2.45, 2.75) is 43.8 Å². The number of halogens is 3. The third kappa shape index (κ3) is 5.38. The van der Waals surface area contributed by atoms with Gasteiger partial charge in [0.2, 0.25) is 15.9 Å². The molecule has 1 aliphatic rings. The summed E-state index contributed by atoms with van der Waals surface area (Å²) >= 11 is 0. The summed E-state index contributed by atoms with van der Waals surface area (Å²) in [5, 5.41) is 0. The highest BCUT2D eigenvalue weighted by Crippen LogP contribution is 2.33. The van der Waals surface area contributed by atoms with Crippen molar-refractivity contribution in [3.63, 3.8) is 0 Å². The second-order valence-electron chi connectivity index (χ2n) is 7.18. The molecule has 2 atom stereocenters. The first-order valence-electron chi connectivity index (χ1n) is 8.97. The van der Waals surface area contributed by atoms with Gasteiger partial charge in [-0.1, -0.05) is 13.8 Å². The van der Waals surface area contributed by atoms with Gasteiger partial charge in [0, 0.05) is 13.1 Å². The summed E-state index contributed by atoms with van der Waals surface area (Å²) in [6.45, 7) is 3.02. The van der Waals surface area contributed by atoms with Crippen LogP contribution in [0.1, 0.15) is 26.7 Å². The number of hydrogen-bond donors (Lipinski definition) is 1. The summed E-state index contributed by atoms with van der Waals surface area (Å²) in [6, 6.07) is 4.46. The lowest BCUT2D eigenvalue weighted by molar-refractivity contribution is -0.188. The highest BCUT2D eigenvalue weighted by atomic mass is 32.2. The van der Waals surface area contributed by atoms with Gasteiger partial charge in [-0.05, 0) is 43.0 Å². The molecule has 1 aromatic rings. The van der Waals surface area contributed by atoms with Gasteiger partial charge >= 0.3 is 6.18 Å². The first-order chi connectivity index (χ1) is 13.0. The van der Waals surface area contributed by atoms with Crippen LogP contribution in [0.25, 0.3) is 0 Å². The minimum Gasteiger partial charge on any atom is -0.497 e. The molecule has 1 aliphatic heterocycles. The number of carbonyl (C=O) groups is 1. The number of carbonyl (C=O) groups excluding carboxylic acids is 1. The van der Waals surface area contributed by atoms with Crippen LogP contribution in [0, 0.1) is 11.8 Å². The molecular formula is C18H25F3N2O4S. The first kappa shape index (κ1) is 22.5. The van der Waals surface area contributed by atoms with Gasteiger partial charge in [0.15, 0.2) is 0 Å². The number of hydrogen-bond acceptors (Lipinski definition) is 4. The molecule has 1 amide bonds. The quantitative estimate of drug-likeness (QED) is 0.765. The number of methoxy groups -OCH3 is 1. The molecule has 158 valence electrons. The van der Waals surface area contributed by atoms with Crippen LogP contribution in [0.2, 0.25) is 0 Å². The van der Waals surface area contributed by atoms with Crippen LogP contribution in [0.5, 0.6) is 5.75 Å². The fourth-order valence-electron chi connectivity index (χ4n) is 3.10. The molecule has 1 fully saturated rings. The standard InChI is InChI=1S/C18H25F3N2O4S/c1-12(2)16(17(24)23-10-4-5-13(11-23)18(19,20)21)22-28(25,26)15-8-6-14(27-3)7-9-15/h6-9,12-13,16,22H,4-5,10-11H2,1-3H3/t13-,16+/m0/s1. The molecule has 28 heavy (non-hydrogen) atoms. The summed E-state index contributed by atoms with van der Waals surface area (Å²) in [5.41, 5.74) is 0. The normalized spacial score (nSPS) is 19.5. The molecule has 1 N–H and O–H groups in total. The Balaban J connectivity index is 2.18. The van der Waals surface area contributed by atoms with Gasteiger partial charge in [-0.3, -0.25) is 4.79 Å². The minimum atomic E-state index is -4.38. The molecule has 1 heterocycles. The molecule has 0 aromatic heterocycles. The van der Waals surface area contributed by atoms with Crippen LogP contribution in [-0.4, -0.2) is 51.6 Å². The number of alkyl halides is 3. The Hall–Kier alpha value is -1.81. The molecule has 10 heteroatoms. The average molecular weight is 422 g/mol. The molecule has 0 bridgehead atoms. The van der Waals surface area contributed by atoms with E-state index in [1.807, 2.05) is 0 Å². The van der Waals surface area contributed by atoms with Crippen LogP contribution in [0.3, 0.4) is 0 Å². The molecule has 0 unspecified atom stereocenters. The van der Waals surface area contributed by atoms with Crippen molar-refractivity contribution < 1.29 is 31.1 Å². The van der Waals surface area contributed by atoms with Crippen LogP contribution >= 0.6 is 0 Å². The fraction of sp³-hybridized carbons (Fsp3) is 0.611. The van der Waals surface area contributed by atoms with Crippen molar-refractivity contribution in [3.05, 3.63) is 24.3 Å². The average Bonchev–Trinajstić information content (AvgIpc) is 2.65. The number of ether oxygens (including phenoxy) is 1. The number of benzene rings is 1. The van der Waals surface area contributed by atoms with Crippen molar-refractivity contribution in [1.29, 1.82) is 0 Å². The Bertz CT molecular complexity index is 779. The summed E-state index contributed by atoms with van der Waals surface area (Å²) in [5.74, 6) is -2.19. The zero-order chi connectivity index (χ0) is 21.1. The van der Waals surface area contributed by atoms with E-state index in [4.69, 9.17) is 4.74 Å². The van der Waals surface area contributed by atoms with E-state index in [2.05, 4.69) is 4.72 Å². The van der Waals surface area contributed by atoms with E-state index < -0.39 is 46.5 Å². The monoisotopic (exact) mass is 422 g/mol. The number of piperidine rings is 1. The molecule has 2 rings (SSSR count). The van der Waals surface area contributed by atoms with Gasteiger partial charge in [-0.25, -0.2) is 8.42 Å². The number of likely N-dealkylation sites (tertiary alicyclic amines) is 1. The van der Waals surface area contributed by atoms with Crippen LogP contribution in [-0.2, 0) is 14.8 Å². The molecule has 1 aromatic carbocycles. The molecule has 0 saturated carbocycles. The number of amides is 1. The Morgan fingerprint density at radius 3 is 2.36 bits per heavy atom. The summed E-state index contributed by atoms with van der Waals surface area (Å²) in [7, 11) is -2.58. The molecule has 1 saturated heterocycles. The van der Waals surface area contributed by atoms with E-state index in [1.165, 1.54) is 31.4 Å². The minimum absolute atomic E-state index is 0.0306. The number of sulfonamides is 1. The van der Waals surface area contributed by atoms with Crippen molar-refractivity contribution in [2.24, 2.45) is 11.8 Å². The lowest BCUT2D eigenvalue weighted by atomic mass is 9.95. The Labute approximate surface area is 163 Å². The second kappa shape index (κ2) is 8.69. The summed E-state index contributed by atoms with van der Waals surface area (Å²) in [6.07, 6.45) is -4.18. The van der Waals surface area contributed by atoms with Gasteiger partial charge in [0.25, 0.3) is 0 Å². The highest BCUT2D eigenvalue weighted by Gasteiger charge is 2.44. The molecule has 0 radical (unpaired) electrons. The van der Waals surface area contributed by atoms with Gasteiger partial charge in [-0.2, -0.15) is 17.9 Å². The maximum absolute atomic E-state index is 13.0. The van der Waals surface area contributed by atoms with Gasteiger partial charge in [0.05, 0.1) is 17.9 Å². The lowest BCUT2D eigenvalue weighted by Crippen LogP contribution is -2.54. The third-order valence-electron chi connectivity index (χ3n) is 4.78. The van der Waals surface area contributed by atoms with Gasteiger partial charge in [0.1, 0.15) is 11.8 Å². The topological polar surface area (TPSA) is 75.7 Å². The first-order valence-corrected chi connectivity index (χ1v) is 10.5.